The van der Waals surface area contributed by atoms with Gasteiger partial charge in [-0.05, 0) is 30.7 Å². The SMILES string of the molecule is CCCCN(C(=O)c1ccccc1F)c1nnc(-c2ccc(C(=O)NCC(O)C(=O)O)cc2)s1. The Labute approximate surface area is 198 Å². The molecule has 0 bridgehead atoms. The van der Waals surface area contributed by atoms with Gasteiger partial charge in [0, 0.05) is 17.7 Å². The van der Waals surface area contributed by atoms with Gasteiger partial charge in [0.25, 0.3) is 11.8 Å². The molecule has 2 aromatic carbocycles. The molecule has 1 atom stereocenters. The number of nitrogens with one attached hydrogen (secondary N) is 1. The Bertz CT molecular complexity index is 1170. The normalized spacial score (nSPS) is 11.6. The number of amides is 2. The van der Waals surface area contributed by atoms with Gasteiger partial charge in [-0.3, -0.25) is 14.5 Å². The van der Waals surface area contributed by atoms with E-state index < -0.39 is 36.2 Å². The average Bonchev–Trinajstić information content (AvgIpc) is 3.32. The lowest BCUT2D eigenvalue weighted by Crippen LogP contribution is -2.36. The van der Waals surface area contributed by atoms with Gasteiger partial charge in [-0.25, -0.2) is 9.18 Å². The van der Waals surface area contributed by atoms with Crippen molar-refractivity contribution in [3.63, 3.8) is 0 Å². The molecule has 1 aromatic heterocycles. The number of halogens is 1. The third kappa shape index (κ3) is 6.00. The zero-order valence-corrected chi connectivity index (χ0v) is 19.1. The van der Waals surface area contributed by atoms with Gasteiger partial charge < -0.3 is 15.5 Å². The molecule has 0 saturated heterocycles. The van der Waals surface area contributed by atoms with Crippen LogP contribution in [-0.2, 0) is 4.79 Å². The molecule has 0 radical (unpaired) electrons. The number of carboxylic acids is 1. The maximum absolute atomic E-state index is 14.2. The van der Waals surface area contributed by atoms with Gasteiger partial charge >= 0.3 is 5.97 Å². The molecular weight excluding hydrogens is 463 g/mol. The second-order valence-electron chi connectivity index (χ2n) is 7.32. The van der Waals surface area contributed by atoms with E-state index in [1.54, 1.807) is 18.2 Å². The highest BCUT2D eigenvalue weighted by molar-refractivity contribution is 7.18. The zero-order chi connectivity index (χ0) is 24.7. The molecule has 11 heteroatoms. The van der Waals surface area contributed by atoms with Gasteiger partial charge in [-0.2, -0.15) is 0 Å². The molecule has 3 rings (SSSR count). The van der Waals surface area contributed by atoms with Crippen LogP contribution in [-0.4, -0.2) is 57.4 Å². The van der Waals surface area contributed by atoms with E-state index in [1.165, 1.54) is 46.6 Å². The Hall–Kier alpha value is -3.70. The van der Waals surface area contributed by atoms with E-state index in [9.17, 15) is 23.9 Å². The van der Waals surface area contributed by atoms with Crippen LogP contribution in [0.4, 0.5) is 9.52 Å². The molecule has 9 nitrogen and oxygen atoms in total. The van der Waals surface area contributed by atoms with Crippen molar-refractivity contribution in [2.75, 3.05) is 18.0 Å². The third-order valence-electron chi connectivity index (χ3n) is 4.86. The summed E-state index contributed by atoms with van der Waals surface area (Å²) in [6.07, 6.45) is -0.152. The minimum Gasteiger partial charge on any atom is -0.479 e. The van der Waals surface area contributed by atoms with Crippen LogP contribution in [0.1, 0.15) is 40.5 Å². The second kappa shape index (κ2) is 11.4. The van der Waals surface area contributed by atoms with Crippen molar-refractivity contribution in [3.05, 3.63) is 65.5 Å². The van der Waals surface area contributed by atoms with Crippen molar-refractivity contribution in [1.82, 2.24) is 15.5 Å². The van der Waals surface area contributed by atoms with Gasteiger partial charge in [0.15, 0.2) is 6.10 Å². The number of carbonyl (C=O) groups is 3. The van der Waals surface area contributed by atoms with Crippen LogP contribution in [0.3, 0.4) is 0 Å². The van der Waals surface area contributed by atoms with Crippen LogP contribution in [0, 0.1) is 5.82 Å². The van der Waals surface area contributed by atoms with Crippen molar-refractivity contribution in [3.8, 4) is 10.6 Å². The number of unbranched alkanes of at least 4 members (excludes halogenated alkanes) is 1. The highest BCUT2D eigenvalue weighted by Gasteiger charge is 2.24. The number of aliphatic hydroxyl groups excluding tert-OH is 1. The number of carboxylic acid groups (broad SMARTS) is 1. The second-order valence-corrected chi connectivity index (χ2v) is 8.28. The molecule has 2 amide bonds. The van der Waals surface area contributed by atoms with Crippen LogP contribution in [0.25, 0.3) is 10.6 Å². The summed E-state index contributed by atoms with van der Waals surface area (Å²) in [4.78, 5) is 37.2. The van der Waals surface area contributed by atoms with E-state index in [2.05, 4.69) is 15.5 Å². The maximum Gasteiger partial charge on any atom is 0.334 e. The van der Waals surface area contributed by atoms with E-state index in [0.29, 0.717) is 28.7 Å². The molecule has 0 aliphatic rings. The summed E-state index contributed by atoms with van der Waals surface area (Å²) >= 11 is 1.17. The molecule has 0 spiro atoms. The topological polar surface area (TPSA) is 133 Å². The number of benzene rings is 2. The first-order chi connectivity index (χ1) is 16.3. The van der Waals surface area contributed by atoms with Gasteiger partial charge in [0.2, 0.25) is 5.13 Å². The first-order valence-electron chi connectivity index (χ1n) is 10.5. The molecule has 0 saturated carbocycles. The summed E-state index contributed by atoms with van der Waals surface area (Å²) in [5, 5.41) is 29.4. The molecule has 1 unspecified atom stereocenters. The van der Waals surface area contributed by atoms with Crippen molar-refractivity contribution in [2.24, 2.45) is 0 Å². The first-order valence-corrected chi connectivity index (χ1v) is 11.3. The zero-order valence-electron chi connectivity index (χ0n) is 18.3. The Balaban J connectivity index is 1.77. The van der Waals surface area contributed by atoms with E-state index in [1.807, 2.05) is 6.92 Å². The molecule has 3 N–H and O–H groups in total. The molecule has 1 heterocycles. The largest absolute Gasteiger partial charge is 0.479 e. The van der Waals surface area contributed by atoms with Crippen LogP contribution in [0.15, 0.2) is 48.5 Å². The molecule has 3 aromatic rings. The third-order valence-corrected chi connectivity index (χ3v) is 5.86. The lowest BCUT2D eigenvalue weighted by Gasteiger charge is -2.19. The van der Waals surface area contributed by atoms with Crippen molar-refractivity contribution >= 4 is 34.3 Å². The Morgan fingerprint density at radius 3 is 2.47 bits per heavy atom. The van der Waals surface area contributed by atoms with Crippen LogP contribution < -0.4 is 10.2 Å². The number of hydrogen-bond acceptors (Lipinski definition) is 7. The fraction of sp³-hybridized carbons (Fsp3) is 0.261. The summed E-state index contributed by atoms with van der Waals surface area (Å²) in [5.41, 5.74) is 0.878. The number of rotatable bonds is 10. The van der Waals surface area contributed by atoms with Crippen LogP contribution in [0.2, 0.25) is 0 Å². The predicted molar refractivity (Wildman–Crippen MR) is 124 cm³/mol. The van der Waals surface area contributed by atoms with Gasteiger partial charge in [-0.15, -0.1) is 10.2 Å². The lowest BCUT2D eigenvalue weighted by atomic mass is 10.1. The summed E-state index contributed by atoms with van der Waals surface area (Å²) < 4.78 is 14.2. The van der Waals surface area contributed by atoms with Crippen molar-refractivity contribution < 1.29 is 29.0 Å². The van der Waals surface area contributed by atoms with E-state index in [0.717, 1.165) is 6.42 Å². The Kier molecular flexibility index (Phi) is 8.39. The highest BCUT2D eigenvalue weighted by atomic mass is 32.1. The maximum atomic E-state index is 14.2. The summed E-state index contributed by atoms with van der Waals surface area (Å²) in [6, 6.07) is 12.1. The van der Waals surface area contributed by atoms with E-state index in [4.69, 9.17) is 5.11 Å². The molecule has 178 valence electrons. The number of nitrogens with zero attached hydrogens (tertiary/aromatic N) is 3. The Morgan fingerprint density at radius 2 is 1.82 bits per heavy atom. The summed E-state index contributed by atoms with van der Waals surface area (Å²) in [6.45, 7) is 1.93. The van der Waals surface area contributed by atoms with Crippen LogP contribution >= 0.6 is 11.3 Å². The standard InChI is InChI=1S/C23H23FN4O5S/c1-2-3-12-28(21(31)16-6-4-5-7-17(16)24)23-27-26-20(34-23)15-10-8-14(9-11-15)19(30)25-13-18(29)22(32)33/h4-11,18,29H,2-3,12-13H2,1H3,(H,25,30)(H,32,33). The molecular formula is C23H23FN4O5S. The molecule has 34 heavy (non-hydrogen) atoms. The highest BCUT2D eigenvalue weighted by Crippen LogP contribution is 2.30. The minimum absolute atomic E-state index is 0.0428. The quantitative estimate of drug-likeness (QED) is 0.401. The Morgan fingerprint density at radius 1 is 1.12 bits per heavy atom. The van der Waals surface area contributed by atoms with Crippen LogP contribution in [0.5, 0.6) is 0 Å². The monoisotopic (exact) mass is 486 g/mol. The van der Waals surface area contributed by atoms with Crippen molar-refractivity contribution in [2.45, 2.75) is 25.9 Å². The van der Waals surface area contributed by atoms with E-state index in [-0.39, 0.29) is 11.1 Å². The number of aliphatic carboxylic acids is 1. The van der Waals surface area contributed by atoms with Gasteiger partial charge in [0.05, 0.1) is 12.1 Å². The first kappa shape index (κ1) is 24.9. The average molecular weight is 487 g/mol. The summed E-state index contributed by atoms with van der Waals surface area (Å²) in [7, 11) is 0. The minimum atomic E-state index is -1.69. The summed E-state index contributed by atoms with van der Waals surface area (Å²) in [5.74, 6) is -3.07. The van der Waals surface area contributed by atoms with Gasteiger partial charge in [0.1, 0.15) is 10.8 Å². The smallest absolute Gasteiger partial charge is 0.334 e. The number of aliphatic hydroxyl groups is 1. The number of hydrogen-bond donors (Lipinski definition) is 3. The molecule has 0 fully saturated rings. The fourth-order valence-corrected chi connectivity index (χ4v) is 3.84. The van der Waals surface area contributed by atoms with E-state index >= 15 is 0 Å². The number of carbonyl (C=O) groups excluding carboxylic acids is 2. The van der Waals surface area contributed by atoms with Gasteiger partial charge in [-0.1, -0.05) is 48.9 Å². The fourth-order valence-electron chi connectivity index (χ4n) is 2.96. The lowest BCUT2D eigenvalue weighted by molar-refractivity contribution is -0.146. The van der Waals surface area contributed by atoms with Crippen molar-refractivity contribution in [1.29, 1.82) is 0 Å². The predicted octanol–water partition coefficient (Wildman–Crippen LogP) is 2.97. The number of aromatic nitrogens is 2. The molecule has 0 aliphatic carbocycles. The molecule has 0 aliphatic heterocycles. The number of anilines is 1.